The molecule has 6 nitrogen and oxygen atoms in total. The topological polar surface area (TPSA) is 67.2 Å². The summed E-state index contributed by atoms with van der Waals surface area (Å²) in [5, 5.41) is 9.40. The zero-order valence-electron chi connectivity index (χ0n) is 18.4. The molecule has 0 radical (unpaired) electrons. The van der Waals surface area contributed by atoms with E-state index in [1.807, 2.05) is 88.6 Å². The van der Waals surface area contributed by atoms with Crippen LogP contribution >= 0.6 is 0 Å². The van der Waals surface area contributed by atoms with E-state index < -0.39 is 0 Å². The second-order valence-electron chi connectivity index (χ2n) is 8.44. The molecule has 1 fully saturated rings. The van der Waals surface area contributed by atoms with Crippen LogP contribution in [0.1, 0.15) is 28.8 Å². The van der Waals surface area contributed by atoms with Gasteiger partial charge in [-0.3, -0.25) is 14.3 Å². The van der Waals surface area contributed by atoms with Crippen LogP contribution in [0.3, 0.4) is 0 Å². The van der Waals surface area contributed by atoms with Crippen molar-refractivity contribution in [1.82, 2.24) is 14.7 Å². The summed E-state index contributed by atoms with van der Waals surface area (Å²) >= 11 is 0. The van der Waals surface area contributed by atoms with Gasteiger partial charge in [0.15, 0.2) is 0 Å². The van der Waals surface area contributed by atoms with Crippen LogP contribution in [0.4, 0.5) is 5.69 Å². The number of aromatic nitrogens is 2. The standard InChI is InChI=1S/C27H26N4O2/c32-26(29-25-12-4-2-8-22(25)19-31-16-6-15-28-31)21-13-17-30(18-14-21)27(33)24-11-5-9-20-7-1-3-10-23(20)24/h1-12,15-16,21H,13-14,17-19H2,(H,29,32). The van der Waals surface area contributed by atoms with Crippen LogP contribution in [0.15, 0.2) is 85.2 Å². The number of para-hydroxylation sites is 1. The number of piperidine rings is 1. The van der Waals surface area contributed by atoms with Crippen molar-refractivity contribution in [3.05, 3.63) is 96.3 Å². The Balaban J connectivity index is 1.23. The Morgan fingerprint density at radius 1 is 0.909 bits per heavy atom. The van der Waals surface area contributed by atoms with E-state index >= 15 is 0 Å². The lowest BCUT2D eigenvalue weighted by atomic mass is 9.94. The summed E-state index contributed by atoms with van der Waals surface area (Å²) in [5.41, 5.74) is 2.55. The Labute approximate surface area is 192 Å². The molecule has 2 amide bonds. The van der Waals surface area contributed by atoms with Gasteiger partial charge in [0, 0.05) is 42.7 Å². The number of benzene rings is 3. The molecule has 0 atom stereocenters. The van der Waals surface area contributed by atoms with E-state index in [2.05, 4.69) is 10.4 Å². The van der Waals surface area contributed by atoms with Crippen molar-refractivity contribution >= 4 is 28.3 Å². The molecule has 6 heteroatoms. The summed E-state index contributed by atoms with van der Waals surface area (Å²) in [6, 6.07) is 23.5. The molecule has 0 saturated carbocycles. The van der Waals surface area contributed by atoms with E-state index in [9.17, 15) is 9.59 Å². The SMILES string of the molecule is O=C(Nc1ccccc1Cn1cccn1)C1CCN(C(=O)c2cccc3ccccc23)CC1. The molecule has 1 aromatic heterocycles. The fourth-order valence-electron chi connectivity index (χ4n) is 4.51. The first-order chi connectivity index (χ1) is 16.2. The van der Waals surface area contributed by atoms with Crippen molar-refractivity contribution in [2.24, 2.45) is 5.92 Å². The molecule has 166 valence electrons. The highest BCUT2D eigenvalue weighted by molar-refractivity contribution is 6.07. The van der Waals surface area contributed by atoms with Crippen LogP contribution in [0.25, 0.3) is 10.8 Å². The minimum atomic E-state index is -0.112. The summed E-state index contributed by atoms with van der Waals surface area (Å²) in [6.45, 7) is 1.76. The number of amides is 2. The van der Waals surface area contributed by atoms with Crippen molar-refractivity contribution in [3.63, 3.8) is 0 Å². The first-order valence-electron chi connectivity index (χ1n) is 11.3. The van der Waals surface area contributed by atoms with Gasteiger partial charge in [0.25, 0.3) is 5.91 Å². The van der Waals surface area contributed by atoms with Crippen LogP contribution in [-0.4, -0.2) is 39.6 Å². The van der Waals surface area contributed by atoms with Crippen molar-refractivity contribution in [3.8, 4) is 0 Å². The molecule has 0 spiro atoms. The maximum Gasteiger partial charge on any atom is 0.254 e. The molecule has 2 heterocycles. The fraction of sp³-hybridized carbons (Fsp3) is 0.222. The Kier molecular flexibility index (Phi) is 5.89. The van der Waals surface area contributed by atoms with Crippen LogP contribution in [0, 0.1) is 5.92 Å². The van der Waals surface area contributed by atoms with Gasteiger partial charge in [0.2, 0.25) is 5.91 Å². The highest BCUT2D eigenvalue weighted by Gasteiger charge is 2.28. The molecular weight excluding hydrogens is 412 g/mol. The largest absolute Gasteiger partial charge is 0.339 e. The van der Waals surface area contributed by atoms with E-state index in [4.69, 9.17) is 0 Å². The molecule has 1 aliphatic rings. The monoisotopic (exact) mass is 438 g/mol. The number of carbonyl (C=O) groups excluding carboxylic acids is 2. The molecule has 1 aliphatic heterocycles. The number of nitrogens with one attached hydrogen (secondary N) is 1. The number of rotatable bonds is 5. The Bertz CT molecular complexity index is 1270. The lowest BCUT2D eigenvalue weighted by Crippen LogP contribution is -2.41. The smallest absolute Gasteiger partial charge is 0.254 e. The van der Waals surface area contributed by atoms with Gasteiger partial charge < -0.3 is 10.2 Å². The van der Waals surface area contributed by atoms with E-state index in [-0.39, 0.29) is 17.7 Å². The predicted molar refractivity (Wildman–Crippen MR) is 129 cm³/mol. The van der Waals surface area contributed by atoms with Crippen LogP contribution in [0.2, 0.25) is 0 Å². The van der Waals surface area contributed by atoms with Gasteiger partial charge >= 0.3 is 0 Å². The molecule has 0 aliphatic carbocycles. The molecule has 1 N–H and O–H groups in total. The van der Waals surface area contributed by atoms with Crippen LogP contribution in [-0.2, 0) is 11.3 Å². The Morgan fingerprint density at radius 3 is 2.48 bits per heavy atom. The van der Waals surface area contributed by atoms with E-state index in [1.165, 1.54) is 0 Å². The van der Waals surface area contributed by atoms with Crippen molar-refractivity contribution in [1.29, 1.82) is 0 Å². The molecule has 33 heavy (non-hydrogen) atoms. The predicted octanol–water partition coefficient (Wildman–Crippen LogP) is 4.58. The molecule has 0 bridgehead atoms. The summed E-state index contributed by atoms with van der Waals surface area (Å²) in [5.74, 6) is -0.0604. The average molecular weight is 439 g/mol. The fourth-order valence-corrected chi connectivity index (χ4v) is 4.51. The quantitative estimate of drug-likeness (QED) is 0.496. The lowest BCUT2D eigenvalue weighted by molar-refractivity contribution is -0.121. The second kappa shape index (κ2) is 9.28. The van der Waals surface area contributed by atoms with E-state index in [1.54, 1.807) is 6.20 Å². The third kappa shape index (κ3) is 4.51. The zero-order chi connectivity index (χ0) is 22.6. The number of likely N-dealkylation sites (tertiary alicyclic amines) is 1. The first kappa shape index (κ1) is 20.9. The third-order valence-corrected chi connectivity index (χ3v) is 6.34. The number of fused-ring (bicyclic) bond motifs is 1. The number of anilines is 1. The first-order valence-corrected chi connectivity index (χ1v) is 11.3. The minimum Gasteiger partial charge on any atom is -0.339 e. The average Bonchev–Trinajstić information content (AvgIpc) is 3.38. The third-order valence-electron chi connectivity index (χ3n) is 6.34. The number of hydrogen-bond donors (Lipinski definition) is 1. The minimum absolute atomic E-state index is 0.0141. The van der Waals surface area contributed by atoms with Gasteiger partial charge in [0.1, 0.15) is 0 Å². The van der Waals surface area contributed by atoms with Crippen molar-refractivity contribution in [2.45, 2.75) is 19.4 Å². The number of hydrogen-bond acceptors (Lipinski definition) is 3. The highest BCUT2D eigenvalue weighted by atomic mass is 16.2. The summed E-state index contributed by atoms with van der Waals surface area (Å²) in [7, 11) is 0. The molecule has 3 aromatic carbocycles. The maximum atomic E-state index is 13.2. The summed E-state index contributed by atoms with van der Waals surface area (Å²) in [4.78, 5) is 28.1. The van der Waals surface area contributed by atoms with Gasteiger partial charge in [-0.2, -0.15) is 5.10 Å². The van der Waals surface area contributed by atoms with Crippen molar-refractivity contribution in [2.75, 3.05) is 18.4 Å². The van der Waals surface area contributed by atoms with Gasteiger partial charge in [-0.1, -0.05) is 54.6 Å². The van der Waals surface area contributed by atoms with E-state index in [0.717, 1.165) is 27.6 Å². The number of nitrogens with zero attached hydrogens (tertiary/aromatic N) is 3. The highest BCUT2D eigenvalue weighted by Crippen LogP contribution is 2.25. The summed E-state index contributed by atoms with van der Waals surface area (Å²) in [6.07, 6.45) is 4.96. The van der Waals surface area contributed by atoms with Gasteiger partial charge in [-0.25, -0.2) is 0 Å². The van der Waals surface area contributed by atoms with E-state index in [0.29, 0.717) is 32.5 Å². The maximum absolute atomic E-state index is 13.2. The van der Waals surface area contributed by atoms with Gasteiger partial charge in [0.05, 0.1) is 6.54 Å². The van der Waals surface area contributed by atoms with Crippen LogP contribution < -0.4 is 5.32 Å². The van der Waals surface area contributed by atoms with Crippen molar-refractivity contribution < 1.29 is 9.59 Å². The second-order valence-corrected chi connectivity index (χ2v) is 8.44. The van der Waals surface area contributed by atoms with Crippen LogP contribution in [0.5, 0.6) is 0 Å². The zero-order valence-corrected chi connectivity index (χ0v) is 18.4. The lowest BCUT2D eigenvalue weighted by Gasteiger charge is -2.31. The molecular formula is C27H26N4O2. The Hall–Kier alpha value is -3.93. The molecule has 4 aromatic rings. The molecule has 0 unspecified atom stereocenters. The molecule has 1 saturated heterocycles. The van der Waals surface area contributed by atoms with Gasteiger partial charge in [-0.15, -0.1) is 0 Å². The summed E-state index contributed by atoms with van der Waals surface area (Å²) < 4.78 is 1.84. The Morgan fingerprint density at radius 2 is 1.67 bits per heavy atom. The van der Waals surface area contributed by atoms with Gasteiger partial charge in [-0.05, 0) is 47.4 Å². The normalized spacial score (nSPS) is 14.4. The molecule has 5 rings (SSSR count). The number of carbonyl (C=O) groups is 2.